The standard InChI is InChI=1S/C7H12N2O2/c1-6(10)2-3-7(11)9-5-4-8/h6,10H,2-3,5H2,1H3,(H,9,11). The number of aliphatic hydroxyl groups excluding tert-OH is 1. The maximum Gasteiger partial charge on any atom is 0.220 e. The number of hydrogen-bond donors (Lipinski definition) is 2. The van der Waals surface area contributed by atoms with E-state index in [1.807, 2.05) is 0 Å². The molecule has 11 heavy (non-hydrogen) atoms. The Bertz CT molecular complexity index is 160. The van der Waals surface area contributed by atoms with Crippen LogP contribution in [0.3, 0.4) is 0 Å². The minimum absolute atomic E-state index is 0.0403. The molecule has 0 aliphatic carbocycles. The van der Waals surface area contributed by atoms with Gasteiger partial charge in [-0.05, 0) is 13.3 Å². The largest absolute Gasteiger partial charge is 0.393 e. The first kappa shape index (κ1) is 9.92. The number of rotatable bonds is 4. The average molecular weight is 156 g/mol. The molecule has 0 aromatic carbocycles. The minimum atomic E-state index is -0.456. The normalized spacial score (nSPS) is 11.7. The second kappa shape index (κ2) is 5.69. The molecule has 0 saturated heterocycles. The number of nitriles is 1. The van der Waals surface area contributed by atoms with Crippen LogP contribution >= 0.6 is 0 Å². The number of nitrogens with zero attached hydrogens (tertiary/aromatic N) is 1. The van der Waals surface area contributed by atoms with Crippen LogP contribution in [0, 0.1) is 11.3 Å². The molecule has 0 aliphatic heterocycles. The third-order valence-corrected chi connectivity index (χ3v) is 1.15. The molecular formula is C7H12N2O2. The summed E-state index contributed by atoms with van der Waals surface area (Å²) in [5.41, 5.74) is 0. The predicted octanol–water partition coefficient (Wildman–Crippen LogP) is -0.213. The van der Waals surface area contributed by atoms with E-state index >= 15 is 0 Å². The van der Waals surface area contributed by atoms with Crippen LogP contribution in [0.15, 0.2) is 0 Å². The highest BCUT2D eigenvalue weighted by Gasteiger charge is 2.02. The van der Waals surface area contributed by atoms with Gasteiger partial charge in [-0.15, -0.1) is 0 Å². The Morgan fingerprint density at radius 1 is 1.82 bits per heavy atom. The first-order valence-corrected chi connectivity index (χ1v) is 3.48. The third kappa shape index (κ3) is 6.81. The van der Waals surface area contributed by atoms with Crippen LogP contribution in [0.2, 0.25) is 0 Å². The molecule has 4 heteroatoms. The Balaban J connectivity index is 3.32. The summed E-state index contributed by atoms with van der Waals surface area (Å²) in [6.07, 6.45) is 0.263. The summed E-state index contributed by atoms with van der Waals surface area (Å²) in [5, 5.41) is 19.2. The molecule has 0 aromatic rings. The van der Waals surface area contributed by atoms with Crippen LogP contribution in [0.1, 0.15) is 19.8 Å². The Hall–Kier alpha value is -1.08. The van der Waals surface area contributed by atoms with Crippen molar-refractivity contribution >= 4 is 5.91 Å². The Morgan fingerprint density at radius 3 is 2.91 bits per heavy atom. The third-order valence-electron chi connectivity index (χ3n) is 1.15. The predicted molar refractivity (Wildman–Crippen MR) is 39.5 cm³/mol. The lowest BCUT2D eigenvalue weighted by atomic mass is 10.2. The lowest BCUT2D eigenvalue weighted by molar-refractivity contribution is -0.121. The number of aliphatic hydroxyl groups is 1. The van der Waals surface area contributed by atoms with Crippen LogP contribution in [0.4, 0.5) is 0 Å². The Kier molecular flexibility index (Phi) is 5.13. The van der Waals surface area contributed by atoms with E-state index in [0.29, 0.717) is 6.42 Å². The van der Waals surface area contributed by atoms with Gasteiger partial charge in [-0.2, -0.15) is 5.26 Å². The number of hydrogen-bond acceptors (Lipinski definition) is 3. The highest BCUT2D eigenvalue weighted by molar-refractivity contribution is 5.76. The van der Waals surface area contributed by atoms with Gasteiger partial charge >= 0.3 is 0 Å². The second-order valence-corrected chi connectivity index (χ2v) is 2.32. The molecule has 4 nitrogen and oxygen atoms in total. The fraction of sp³-hybridized carbons (Fsp3) is 0.714. The van der Waals surface area contributed by atoms with Crippen LogP contribution in [-0.4, -0.2) is 23.7 Å². The van der Waals surface area contributed by atoms with Gasteiger partial charge in [0.25, 0.3) is 0 Å². The maximum absolute atomic E-state index is 10.7. The summed E-state index contributed by atoms with van der Waals surface area (Å²) >= 11 is 0. The van der Waals surface area contributed by atoms with Gasteiger partial charge in [0, 0.05) is 6.42 Å². The molecule has 0 spiro atoms. The molecule has 0 bridgehead atoms. The topological polar surface area (TPSA) is 73.1 Å². The summed E-state index contributed by atoms with van der Waals surface area (Å²) in [5.74, 6) is -0.188. The van der Waals surface area contributed by atoms with E-state index in [1.54, 1.807) is 13.0 Å². The van der Waals surface area contributed by atoms with E-state index in [0.717, 1.165) is 0 Å². The molecule has 62 valence electrons. The molecule has 0 heterocycles. The van der Waals surface area contributed by atoms with Crippen LogP contribution < -0.4 is 5.32 Å². The number of nitrogens with one attached hydrogen (secondary N) is 1. The molecule has 1 unspecified atom stereocenters. The molecular weight excluding hydrogens is 144 g/mol. The molecule has 1 amide bonds. The lowest BCUT2D eigenvalue weighted by Crippen LogP contribution is -2.24. The van der Waals surface area contributed by atoms with Gasteiger partial charge in [0.15, 0.2) is 0 Å². The molecule has 0 aliphatic rings. The van der Waals surface area contributed by atoms with E-state index in [9.17, 15) is 4.79 Å². The zero-order valence-corrected chi connectivity index (χ0v) is 6.50. The van der Waals surface area contributed by atoms with Crippen molar-refractivity contribution in [3.8, 4) is 6.07 Å². The van der Waals surface area contributed by atoms with Crippen LogP contribution in [0.5, 0.6) is 0 Å². The van der Waals surface area contributed by atoms with Crippen molar-refractivity contribution in [1.29, 1.82) is 5.26 Å². The number of amides is 1. The van der Waals surface area contributed by atoms with Crippen molar-refractivity contribution in [3.05, 3.63) is 0 Å². The van der Waals surface area contributed by atoms with Crippen LogP contribution in [-0.2, 0) is 4.79 Å². The van der Waals surface area contributed by atoms with Crippen molar-refractivity contribution in [2.24, 2.45) is 0 Å². The van der Waals surface area contributed by atoms with Gasteiger partial charge in [0.2, 0.25) is 5.91 Å². The molecule has 2 N–H and O–H groups in total. The van der Waals surface area contributed by atoms with Crippen molar-refractivity contribution in [2.45, 2.75) is 25.9 Å². The average Bonchev–Trinajstić information content (AvgIpc) is 1.97. The van der Waals surface area contributed by atoms with Crippen molar-refractivity contribution < 1.29 is 9.90 Å². The molecule has 0 saturated carbocycles. The zero-order chi connectivity index (χ0) is 8.69. The van der Waals surface area contributed by atoms with E-state index < -0.39 is 6.10 Å². The monoisotopic (exact) mass is 156 g/mol. The number of carbonyl (C=O) groups is 1. The highest BCUT2D eigenvalue weighted by atomic mass is 16.3. The summed E-state index contributed by atoms with van der Waals surface area (Å²) in [4.78, 5) is 10.7. The van der Waals surface area contributed by atoms with Gasteiger partial charge in [0.1, 0.15) is 6.54 Å². The van der Waals surface area contributed by atoms with E-state index in [-0.39, 0.29) is 18.9 Å². The van der Waals surface area contributed by atoms with Crippen LogP contribution in [0.25, 0.3) is 0 Å². The molecule has 0 rings (SSSR count). The zero-order valence-electron chi connectivity index (χ0n) is 6.50. The quantitative estimate of drug-likeness (QED) is 0.553. The van der Waals surface area contributed by atoms with Gasteiger partial charge in [-0.3, -0.25) is 4.79 Å². The first-order chi connectivity index (χ1) is 5.16. The SMILES string of the molecule is CC(O)CCC(=O)NCC#N. The van der Waals surface area contributed by atoms with Gasteiger partial charge in [-0.25, -0.2) is 0 Å². The van der Waals surface area contributed by atoms with Gasteiger partial charge in [-0.1, -0.05) is 0 Å². The molecule has 0 fully saturated rings. The summed E-state index contributed by atoms with van der Waals surface area (Å²) < 4.78 is 0. The fourth-order valence-electron chi connectivity index (χ4n) is 0.566. The number of carbonyl (C=O) groups excluding carboxylic acids is 1. The van der Waals surface area contributed by atoms with Crippen molar-refractivity contribution in [3.63, 3.8) is 0 Å². The highest BCUT2D eigenvalue weighted by Crippen LogP contribution is 1.94. The lowest BCUT2D eigenvalue weighted by Gasteiger charge is -2.02. The van der Waals surface area contributed by atoms with Gasteiger partial charge in [0.05, 0.1) is 12.2 Å². The van der Waals surface area contributed by atoms with Gasteiger partial charge < -0.3 is 10.4 Å². The molecule has 0 aromatic heterocycles. The Morgan fingerprint density at radius 2 is 2.45 bits per heavy atom. The first-order valence-electron chi connectivity index (χ1n) is 3.48. The maximum atomic E-state index is 10.7. The minimum Gasteiger partial charge on any atom is -0.393 e. The molecule has 1 atom stereocenters. The Labute approximate surface area is 65.8 Å². The smallest absolute Gasteiger partial charge is 0.220 e. The summed E-state index contributed by atoms with van der Waals surface area (Å²) in [6.45, 7) is 1.66. The molecule has 0 radical (unpaired) electrons. The second-order valence-electron chi connectivity index (χ2n) is 2.32. The van der Waals surface area contributed by atoms with E-state index in [4.69, 9.17) is 10.4 Å². The van der Waals surface area contributed by atoms with Crippen molar-refractivity contribution in [2.75, 3.05) is 6.54 Å². The summed E-state index contributed by atoms with van der Waals surface area (Å²) in [6, 6.07) is 1.79. The van der Waals surface area contributed by atoms with E-state index in [2.05, 4.69) is 5.32 Å². The van der Waals surface area contributed by atoms with E-state index in [1.165, 1.54) is 0 Å². The fourth-order valence-corrected chi connectivity index (χ4v) is 0.566. The van der Waals surface area contributed by atoms with Crippen molar-refractivity contribution in [1.82, 2.24) is 5.32 Å². The summed E-state index contributed by atoms with van der Waals surface area (Å²) in [7, 11) is 0.